The molecule has 2 aromatic carbocycles. The SMILES string of the molecule is O=C(CCC(=O)OCC(F)(F)C(F)C(F)(F)F)OCc1ccc2ccccc2c1. The predicted octanol–water partition coefficient (Wildman–Crippen LogP) is 4.74. The van der Waals surface area contributed by atoms with Gasteiger partial charge in [-0.1, -0.05) is 36.4 Å². The van der Waals surface area contributed by atoms with Crippen LogP contribution in [0, 0.1) is 0 Å². The lowest BCUT2D eigenvalue weighted by Gasteiger charge is -2.22. The van der Waals surface area contributed by atoms with E-state index in [1.807, 2.05) is 30.3 Å². The van der Waals surface area contributed by atoms with Gasteiger partial charge in [0.2, 0.25) is 0 Å². The van der Waals surface area contributed by atoms with Crippen LogP contribution in [0.5, 0.6) is 0 Å². The van der Waals surface area contributed by atoms with Crippen LogP contribution in [0.25, 0.3) is 10.8 Å². The number of carbonyl (C=O) groups excluding carboxylic acids is 2. The van der Waals surface area contributed by atoms with Gasteiger partial charge in [0.1, 0.15) is 6.61 Å². The van der Waals surface area contributed by atoms with Crippen molar-refractivity contribution in [3.8, 4) is 0 Å². The van der Waals surface area contributed by atoms with Crippen molar-refractivity contribution >= 4 is 22.7 Å². The number of halogens is 6. The minimum absolute atomic E-state index is 0.0914. The second-order valence-electron chi connectivity index (χ2n) is 6.17. The van der Waals surface area contributed by atoms with Crippen LogP contribution in [-0.4, -0.2) is 36.8 Å². The first-order chi connectivity index (χ1) is 13.5. The number of ether oxygens (including phenoxy) is 2. The average molecular weight is 422 g/mol. The van der Waals surface area contributed by atoms with Crippen molar-refractivity contribution in [1.82, 2.24) is 0 Å². The minimum atomic E-state index is -5.79. The van der Waals surface area contributed by atoms with E-state index < -0.39 is 49.7 Å². The molecule has 0 aromatic heterocycles. The molecule has 0 N–H and O–H groups in total. The molecule has 29 heavy (non-hydrogen) atoms. The third-order valence-electron chi connectivity index (χ3n) is 3.83. The fourth-order valence-corrected chi connectivity index (χ4v) is 2.33. The highest BCUT2D eigenvalue weighted by atomic mass is 19.4. The Balaban J connectivity index is 1.74. The molecule has 2 rings (SSSR count). The first-order valence-corrected chi connectivity index (χ1v) is 8.36. The molecule has 0 fully saturated rings. The maximum atomic E-state index is 13.0. The van der Waals surface area contributed by atoms with Gasteiger partial charge in [0, 0.05) is 0 Å². The molecular formula is C19H16F6O4. The lowest BCUT2D eigenvalue weighted by molar-refractivity contribution is -0.254. The second-order valence-corrected chi connectivity index (χ2v) is 6.17. The molecular weight excluding hydrogens is 406 g/mol. The number of benzene rings is 2. The van der Waals surface area contributed by atoms with Gasteiger partial charge in [-0.15, -0.1) is 0 Å². The van der Waals surface area contributed by atoms with Gasteiger partial charge in [0.05, 0.1) is 12.8 Å². The second kappa shape index (κ2) is 9.15. The lowest BCUT2D eigenvalue weighted by atomic mass is 10.1. The summed E-state index contributed by atoms with van der Waals surface area (Å²) >= 11 is 0. The molecule has 0 amide bonds. The van der Waals surface area contributed by atoms with Crippen LogP contribution in [0.4, 0.5) is 26.3 Å². The summed E-state index contributed by atoms with van der Waals surface area (Å²) in [7, 11) is 0. The van der Waals surface area contributed by atoms with Gasteiger partial charge < -0.3 is 9.47 Å². The van der Waals surface area contributed by atoms with E-state index >= 15 is 0 Å². The fraction of sp³-hybridized carbons (Fsp3) is 0.368. The van der Waals surface area contributed by atoms with Crippen LogP contribution in [0.3, 0.4) is 0 Å². The van der Waals surface area contributed by atoms with Crippen molar-refractivity contribution in [2.45, 2.75) is 37.7 Å². The minimum Gasteiger partial charge on any atom is -0.461 e. The smallest absolute Gasteiger partial charge is 0.425 e. The lowest BCUT2D eigenvalue weighted by Crippen LogP contribution is -2.45. The number of hydrogen-bond acceptors (Lipinski definition) is 4. The van der Waals surface area contributed by atoms with Crippen LogP contribution in [-0.2, 0) is 25.7 Å². The Hall–Kier alpha value is -2.78. The topological polar surface area (TPSA) is 52.6 Å². The molecule has 2 aromatic rings. The highest BCUT2D eigenvalue weighted by Crippen LogP contribution is 2.35. The Morgan fingerprint density at radius 2 is 1.45 bits per heavy atom. The molecule has 0 spiro atoms. The number of carbonyl (C=O) groups is 2. The summed E-state index contributed by atoms with van der Waals surface area (Å²) in [6.07, 6.45) is -11.5. The molecule has 0 aliphatic heterocycles. The zero-order valence-electron chi connectivity index (χ0n) is 14.8. The highest BCUT2D eigenvalue weighted by Gasteiger charge is 2.57. The van der Waals surface area contributed by atoms with E-state index in [2.05, 4.69) is 4.74 Å². The van der Waals surface area contributed by atoms with Gasteiger partial charge in [-0.05, 0) is 22.4 Å². The Morgan fingerprint density at radius 3 is 2.07 bits per heavy atom. The van der Waals surface area contributed by atoms with Crippen molar-refractivity contribution in [3.63, 3.8) is 0 Å². The van der Waals surface area contributed by atoms with E-state index in [0.29, 0.717) is 5.56 Å². The van der Waals surface area contributed by atoms with E-state index in [0.717, 1.165) is 10.8 Å². The van der Waals surface area contributed by atoms with Gasteiger partial charge in [-0.3, -0.25) is 9.59 Å². The zero-order chi connectivity index (χ0) is 21.7. The Bertz CT molecular complexity index is 865. The first-order valence-electron chi connectivity index (χ1n) is 8.36. The zero-order valence-corrected chi connectivity index (χ0v) is 14.8. The summed E-state index contributed by atoms with van der Waals surface area (Å²) in [5, 5.41) is 1.92. The van der Waals surface area contributed by atoms with Crippen molar-refractivity contribution in [1.29, 1.82) is 0 Å². The fourth-order valence-electron chi connectivity index (χ4n) is 2.33. The highest BCUT2D eigenvalue weighted by molar-refractivity contribution is 5.83. The van der Waals surface area contributed by atoms with E-state index in [1.165, 1.54) is 0 Å². The molecule has 0 saturated heterocycles. The first kappa shape index (κ1) is 22.5. The third-order valence-corrected chi connectivity index (χ3v) is 3.83. The number of hydrogen-bond donors (Lipinski definition) is 0. The summed E-state index contributed by atoms with van der Waals surface area (Å²) in [5.41, 5.74) is 0.681. The van der Waals surface area contributed by atoms with E-state index in [9.17, 15) is 35.9 Å². The molecule has 0 heterocycles. The Morgan fingerprint density at radius 1 is 0.862 bits per heavy atom. The molecule has 0 bridgehead atoms. The Labute approximate surface area is 161 Å². The van der Waals surface area contributed by atoms with Gasteiger partial charge >= 0.3 is 24.0 Å². The summed E-state index contributed by atoms with van der Waals surface area (Å²) in [6.45, 7) is -2.18. The molecule has 1 unspecified atom stereocenters. The van der Waals surface area contributed by atoms with Gasteiger partial charge in [0.25, 0.3) is 6.17 Å². The number of fused-ring (bicyclic) bond motifs is 1. The summed E-state index contributed by atoms with van der Waals surface area (Å²) in [6, 6.07) is 12.8. The van der Waals surface area contributed by atoms with Crippen LogP contribution in [0.15, 0.2) is 42.5 Å². The standard InChI is InChI=1S/C19H16F6O4/c20-17(19(23,24)25)18(21,22)11-29-16(27)8-7-15(26)28-10-12-5-6-13-3-1-2-4-14(13)9-12/h1-6,9,17H,7-8,10-11H2. The van der Waals surface area contributed by atoms with Gasteiger partial charge in [-0.2, -0.15) is 22.0 Å². The summed E-state index contributed by atoms with van der Waals surface area (Å²) in [5.74, 6) is -7.13. The molecule has 0 saturated carbocycles. The molecule has 158 valence electrons. The van der Waals surface area contributed by atoms with Gasteiger partial charge in [0.15, 0.2) is 6.61 Å². The monoisotopic (exact) mass is 422 g/mol. The molecule has 0 radical (unpaired) electrons. The van der Waals surface area contributed by atoms with Crippen molar-refractivity contribution in [2.24, 2.45) is 0 Å². The number of rotatable bonds is 8. The quantitative estimate of drug-likeness (QED) is 0.456. The van der Waals surface area contributed by atoms with Crippen LogP contribution in [0.2, 0.25) is 0 Å². The van der Waals surface area contributed by atoms with Crippen LogP contribution in [0.1, 0.15) is 18.4 Å². The summed E-state index contributed by atoms with van der Waals surface area (Å²) in [4.78, 5) is 23.0. The molecule has 4 nitrogen and oxygen atoms in total. The van der Waals surface area contributed by atoms with E-state index in [4.69, 9.17) is 4.74 Å². The van der Waals surface area contributed by atoms with Crippen molar-refractivity contribution in [3.05, 3.63) is 48.0 Å². The molecule has 0 aliphatic rings. The molecule has 1 atom stereocenters. The number of alkyl halides is 6. The maximum absolute atomic E-state index is 13.0. The average Bonchev–Trinajstić information content (AvgIpc) is 2.67. The summed E-state index contributed by atoms with van der Waals surface area (Å²) < 4.78 is 83.6. The Kier molecular flexibility index (Phi) is 7.10. The molecule has 10 heteroatoms. The van der Waals surface area contributed by atoms with Crippen molar-refractivity contribution < 1.29 is 45.4 Å². The third kappa shape index (κ3) is 6.65. The number of esters is 2. The van der Waals surface area contributed by atoms with Crippen LogP contribution < -0.4 is 0 Å². The van der Waals surface area contributed by atoms with Crippen molar-refractivity contribution in [2.75, 3.05) is 6.61 Å². The van der Waals surface area contributed by atoms with E-state index in [-0.39, 0.29) is 6.61 Å². The van der Waals surface area contributed by atoms with Crippen LogP contribution >= 0.6 is 0 Å². The van der Waals surface area contributed by atoms with E-state index in [1.54, 1.807) is 12.1 Å². The van der Waals surface area contributed by atoms with Gasteiger partial charge in [-0.25, -0.2) is 4.39 Å². The largest absolute Gasteiger partial charge is 0.461 e. The normalized spacial score (nSPS) is 13.2. The molecule has 0 aliphatic carbocycles. The predicted molar refractivity (Wildman–Crippen MR) is 89.8 cm³/mol. The maximum Gasteiger partial charge on any atom is 0.425 e.